The van der Waals surface area contributed by atoms with Gasteiger partial charge in [-0.25, -0.2) is 9.37 Å². The largest absolute Gasteiger partial charge is 0.493 e. The lowest BCUT2D eigenvalue weighted by atomic mass is 10.1. The zero-order valence-electron chi connectivity index (χ0n) is 21.3. The highest BCUT2D eigenvalue weighted by molar-refractivity contribution is 8.16. The maximum atomic E-state index is 13.5. The number of fused-ring (bicyclic) bond motifs is 1. The number of hydrogen-bond donors (Lipinski definition) is 0. The summed E-state index contributed by atoms with van der Waals surface area (Å²) in [5.74, 6) is 1.25. The van der Waals surface area contributed by atoms with Crippen molar-refractivity contribution in [2.75, 3.05) is 38.6 Å². The first kappa shape index (κ1) is 27.5. The van der Waals surface area contributed by atoms with Gasteiger partial charge in [-0.1, -0.05) is 30.0 Å². The van der Waals surface area contributed by atoms with Crippen molar-refractivity contribution in [2.24, 2.45) is 0 Å². The minimum atomic E-state index is -0.380. The van der Waals surface area contributed by atoms with Crippen LogP contribution in [0.15, 0.2) is 76.7 Å². The van der Waals surface area contributed by atoms with Crippen LogP contribution in [0.3, 0.4) is 0 Å². The molecule has 0 radical (unpaired) electrons. The van der Waals surface area contributed by atoms with Gasteiger partial charge in [-0.2, -0.15) is 0 Å². The van der Waals surface area contributed by atoms with Crippen LogP contribution in [0.25, 0.3) is 16.6 Å². The standard InChI is InChI=1S/C28H28FN3O4S2/c1-31(15-14-19-8-13-24(35-2)25(16-19)36-3)26(33)17-37-18-38-28-30-23-7-5-4-6-22(23)27(34)32(28)21-11-9-20(29)10-12-21/h4-13,16H,14-15,17-18H2,1-3H3. The van der Waals surface area contributed by atoms with Gasteiger partial charge in [-0.3, -0.25) is 14.2 Å². The predicted molar refractivity (Wildman–Crippen MR) is 151 cm³/mol. The second kappa shape index (κ2) is 12.8. The van der Waals surface area contributed by atoms with Crippen molar-refractivity contribution in [2.45, 2.75) is 11.6 Å². The third-order valence-corrected chi connectivity index (χ3v) is 8.06. The molecule has 38 heavy (non-hydrogen) atoms. The van der Waals surface area contributed by atoms with Crippen LogP contribution >= 0.6 is 23.5 Å². The summed E-state index contributed by atoms with van der Waals surface area (Å²) in [6.45, 7) is 0.568. The number of halogens is 1. The number of aromatic nitrogens is 2. The summed E-state index contributed by atoms with van der Waals surface area (Å²) in [5, 5.41) is 1.49. The molecule has 1 amide bonds. The molecule has 0 N–H and O–H groups in total. The van der Waals surface area contributed by atoms with E-state index < -0.39 is 0 Å². The van der Waals surface area contributed by atoms with E-state index in [1.807, 2.05) is 24.3 Å². The molecule has 198 valence electrons. The number of rotatable bonds is 11. The van der Waals surface area contributed by atoms with Crippen molar-refractivity contribution < 1.29 is 18.7 Å². The second-order valence-corrected chi connectivity index (χ2v) is 10.7. The highest BCUT2D eigenvalue weighted by atomic mass is 32.2. The van der Waals surface area contributed by atoms with Gasteiger partial charge >= 0.3 is 0 Å². The molecule has 0 saturated heterocycles. The number of carbonyl (C=O) groups is 1. The predicted octanol–water partition coefficient (Wildman–Crippen LogP) is 5.03. The molecular formula is C28H28FN3O4S2. The van der Waals surface area contributed by atoms with Crippen molar-refractivity contribution in [1.29, 1.82) is 0 Å². The topological polar surface area (TPSA) is 73.7 Å². The monoisotopic (exact) mass is 553 g/mol. The Morgan fingerprint density at radius 2 is 1.76 bits per heavy atom. The number of thioether (sulfide) groups is 2. The molecule has 0 bridgehead atoms. The lowest BCUT2D eigenvalue weighted by Crippen LogP contribution is -2.30. The molecule has 4 aromatic rings. The zero-order chi connectivity index (χ0) is 27.1. The molecule has 0 atom stereocenters. The Bertz CT molecular complexity index is 1480. The zero-order valence-corrected chi connectivity index (χ0v) is 23.0. The van der Waals surface area contributed by atoms with E-state index in [0.29, 0.717) is 57.0 Å². The number of hydrogen-bond acceptors (Lipinski definition) is 7. The first-order chi connectivity index (χ1) is 18.4. The summed E-state index contributed by atoms with van der Waals surface area (Å²) >= 11 is 2.83. The maximum Gasteiger partial charge on any atom is 0.266 e. The van der Waals surface area contributed by atoms with E-state index in [0.717, 1.165) is 5.56 Å². The Balaban J connectivity index is 1.37. The number of carbonyl (C=O) groups excluding carboxylic acids is 1. The first-order valence-corrected chi connectivity index (χ1v) is 14.0. The Morgan fingerprint density at radius 3 is 2.50 bits per heavy atom. The van der Waals surface area contributed by atoms with E-state index in [1.165, 1.54) is 40.2 Å². The van der Waals surface area contributed by atoms with Gasteiger partial charge in [-0.15, -0.1) is 11.8 Å². The average Bonchev–Trinajstić information content (AvgIpc) is 2.94. The summed E-state index contributed by atoms with van der Waals surface area (Å²) in [4.78, 5) is 32.3. The van der Waals surface area contributed by atoms with E-state index in [-0.39, 0.29) is 17.3 Å². The Morgan fingerprint density at radius 1 is 1.03 bits per heavy atom. The summed E-state index contributed by atoms with van der Waals surface area (Å²) in [6.07, 6.45) is 0.687. The molecule has 4 rings (SSSR count). The van der Waals surface area contributed by atoms with Crippen LogP contribution in [0.1, 0.15) is 5.56 Å². The molecule has 7 nitrogen and oxygen atoms in total. The minimum Gasteiger partial charge on any atom is -0.493 e. The fourth-order valence-corrected chi connectivity index (χ4v) is 5.78. The maximum absolute atomic E-state index is 13.5. The lowest BCUT2D eigenvalue weighted by Gasteiger charge is -2.18. The second-order valence-electron chi connectivity index (χ2n) is 8.39. The highest BCUT2D eigenvalue weighted by Crippen LogP contribution is 2.28. The van der Waals surface area contributed by atoms with Crippen molar-refractivity contribution in [3.8, 4) is 17.2 Å². The fourth-order valence-electron chi connectivity index (χ4n) is 3.82. The van der Waals surface area contributed by atoms with Crippen LogP contribution in [0.4, 0.5) is 4.39 Å². The van der Waals surface area contributed by atoms with Crippen molar-refractivity contribution in [3.05, 3.63) is 88.5 Å². The summed E-state index contributed by atoms with van der Waals surface area (Å²) in [7, 11) is 4.98. The molecule has 1 aromatic heterocycles. The van der Waals surface area contributed by atoms with Crippen molar-refractivity contribution >= 4 is 40.3 Å². The van der Waals surface area contributed by atoms with Crippen molar-refractivity contribution in [1.82, 2.24) is 14.5 Å². The van der Waals surface area contributed by atoms with Crippen LogP contribution in [-0.2, 0) is 11.2 Å². The Kier molecular flexibility index (Phi) is 9.30. The van der Waals surface area contributed by atoms with E-state index in [1.54, 1.807) is 56.5 Å². The van der Waals surface area contributed by atoms with E-state index >= 15 is 0 Å². The summed E-state index contributed by atoms with van der Waals surface area (Å²) in [6, 6.07) is 18.6. The smallest absolute Gasteiger partial charge is 0.266 e. The number of methoxy groups -OCH3 is 2. The van der Waals surface area contributed by atoms with Crippen LogP contribution in [-0.4, -0.2) is 59.0 Å². The van der Waals surface area contributed by atoms with E-state index in [4.69, 9.17) is 9.47 Å². The fraction of sp³-hybridized carbons (Fsp3) is 0.250. The van der Waals surface area contributed by atoms with Crippen LogP contribution in [0, 0.1) is 5.82 Å². The molecule has 0 spiro atoms. The van der Waals surface area contributed by atoms with Gasteiger partial charge in [0.05, 0.1) is 36.6 Å². The van der Waals surface area contributed by atoms with Crippen molar-refractivity contribution in [3.63, 3.8) is 0 Å². The van der Waals surface area contributed by atoms with Gasteiger partial charge in [0.1, 0.15) is 5.82 Å². The molecule has 0 fully saturated rings. The number of nitrogens with zero attached hydrogens (tertiary/aromatic N) is 3. The van der Waals surface area contributed by atoms with E-state index in [9.17, 15) is 14.0 Å². The molecule has 0 unspecified atom stereocenters. The van der Waals surface area contributed by atoms with Crippen LogP contribution in [0.2, 0.25) is 0 Å². The van der Waals surface area contributed by atoms with Gasteiger partial charge in [0, 0.05) is 18.7 Å². The molecule has 0 aliphatic carbocycles. The molecule has 3 aromatic carbocycles. The SMILES string of the molecule is COc1ccc(CCN(C)C(=O)CSCSc2nc3ccccc3c(=O)n2-c2ccc(F)cc2)cc1OC. The summed E-state index contributed by atoms with van der Waals surface area (Å²) < 4.78 is 25.6. The third kappa shape index (κ3) is 6.49. The van der Waals surface area contributed by atoms with Gasteiger partial charge < -0.3 is 14.4 Å². The lowest BCUT2D eigenvalue weighted by molar-refractivity contribution is -0.127. The number of amides is 1. The number of para-hydroxylation sites is 1. The van der Waals surface area contributed by atoms with Crippen LogP contribution in [0.5, 0.6) is 11.5 Å². The molecular weight excluding hydrogens is 525 g/mol. The minimum absolute atomic E-state index is 0.0125. The molecule has 1 heterocycles. The molecule has 0 aliphatic rings. The average molecular weight is 554 g/mol. The van der Waals surface area contributed by atoms with Gasteiger partial charge in [-0.05, 0) is 60.5 Å². The Labute approximate surface area is 229 Å². The molecule has 0 saturated carbocycles. The molecule has 0 aliphatic heterocycles. The number of benzene rings is 3. The quantitative estimate of drug-likeness (QED) is 0.112. The summed E-state index contributed by atoms with van der Waals surface area (Å²) in [5.41, 5.74) is 1.95. The number of likely N-dealkylation sites (N-methyl/N-ethyl adjacent to an activating group) is 1. The Hall–Kier alpha value is -3.50. The van der Waals surface area contributed by atoms with Gasteiger partial charge in [0.25, 0.3) is 5.56 Å². The normalized spacial score (nSPS) is 10.9. The molecule has 10 heteroatoms. The van der Waals surface area contributed by atoms with E-state index in [2.05, 4.69) is 4.98 Å². The number of ether oxygens (including phenoxy) is 2. The van der Waals surface area contributed by atoms with Crippen LogP contribution < -0.4 is 15.0 Å². The highest BCUT2D eigenvalue weighted by Gasteiger charge is 2.15. The first-order valence-electron chi connectivity index (χ1n) is 11.8. The third-order valence-electron chi connectivity index (χ3n) is 5.94. The van der Waals surface area contributed by atoms with Gasteiger partial charge in [0.15, 0.2) is 16.7 Å². The van der Waals surface area contributed by atoms with Gasteiger partial charge in [0.2, 0.25) is 5.91 Å².